The number of fused-ring (bicyclic) bond motifs is 1. The topological polar surface area (TPSA) is 108 Å². The first-order chi connectivity index (χ1) is 9.24. The molecule has 8 nitrogen and oxygen atoms in total. The zero-order valence-corrected chi connectivity index (χ0v) is 10.5. The summed E-state index contributed by atoms with van der Waals surface area (Å²) in [5.74, 6) is 0.304. The number of aromatic nitrogens is 4. The fourth-order valence-electron chi connectivity index (χ4n) is 2.32. The fourth-order valence-corrected chi connectivity index (χ4v) is 2.32. The molecule has 1 fully saturated rings. The molecule has 3 heterocycles. The lowest BCUT2D eigenvalue weighted by Gasteiger charge is -2.15. The van der Waals surface area contributed by atoms with Crippen molar-refractivity contribution in [3.63, 3.8) is 0 Å². The molecule has 0 spiro atoms. The highest BCUT2D eigenvalue weighted by Crippen LogP contribution is 2.34. The quantitative estimate of drug-likeness (QED) is 0.809. The van der Waals surface area contributed by atoms with Crippen molar-refractivity contribution in [1.29, 1.82) is 0 Å². The van der Waals surface area contributed by atoms with E-state index in [-0.39, 0.29) is 18.9 Å². The molecule has 2 aromatic heterocycles. The predicted octanol–water partition coefficient (Wildman–Crippen LogP) is 0.0870. The van der Waals surface area contributed by atoms with Crippen LogP contribution in [0.15, 0.2) is 6.33 Å². The number of ether oxygens (including phenoxy) is 2. The Balaban J connectivity index is 2.09. The van der Waals surface area contributed by atoms with E-state index in [0.717, 1.165) is 12.8 Å². The fraction of sp³-hybridized carbons (Fsp3) is 0.545. The third kappa shape index (κ3) is 1.89. The molecular formula is C11H15N5O3. The number of nitrogen functional groups attached to an aromatic ring is 1. The van der Waals surface area contributed by atoms with Crippen molar-refractivity contribution in [2.45, 2.75) is 25.2 Å². The Labute approximate surface area is 109 Å². The van der Waals surface area contributed by atoms with Gasteiger partial charge in [0.15, 0.2) is 17.0 Å². The van der Waals surface area contributed by atoms with E-state index in [9.17, 15) is 0 Å². The molecular weight excluding hydrogens is 250 g/mol. The molecule has 1 aliphatic rings. The van der Waals surface area contributed by atoms with Crippen LogP contribution in [0.5, 0.6) is 6.01 Å². The van der Waals surface area contributed by atoms with Crippen LogP contribution in [0, 0.1) is 0 Å². The lowest BCUT2D eigenvalue weighted by molar-refractivity contribution is -0.0235. The molecule has 0 bridgehead atoms. The van der Waals surface area contributed by atoms with Crippen molar-refractivity contribution in [2.24, 2.45) is 0 Å². The van der Waals surface area contributed by atoms with Crippen LogP contribution >= 0.6 is 0 Å². The van der Waals surface area contributed by atoms with Gasteiger partial charge in [0.2, 0.25) is 0 Å². The number of rotatable bonds is 3. The molecule has 19 heavy (non-hydrogen) atoms. The van der Waals surface area contributed by atoms with Gasteiger partial charge in [-0.3, -0.25) is 4.57 Å². The first-order valence-electron chi connectivity index (χ1n) is 6.03. The Kier molecular flexibility index (Phi) is 2.96. The van der Waals surface area contributed by atoms with E-state index in [1.165, 1.54) is 13.4 Å². The van der Waals surface area contributed by atoms with Crippen molar-refractivity contribution in [2.75, 3.05) is 19.5 Å². The summed E-state index contributed by atoms with van der Waals surface area (Å²) in [5.41, 5.74) is 6.85. The average Bonchev–Trinajstić information content (AvgIpc) is 3.02. The van der Waals surface area contributed by atoms with E-state index < -0.39 is 0 Å². The number of nitrogens with zero attached hydrogens (tertiary/aromatic N) is 4. The van der Waals surface area contributed by atoms with Crippen molar-refractivity contribution < 1.29 is 14.6 Å². The van der Waals surface area contributed by atoms with Gasteiger partial charge in [0, 0.05) is 0 Å². The number of hydrogen-bond acceptors (Lipinski definition) is 7. The molecule has 2 atom stereocenters. The van der Waals surface area contributed by atoms with E-state index in [4.69, 9.17) is 20.3 Å². The van der Waals surface area contributed by atoms with Gasteiger partial charge in [-0.2, -0.15) is 4.98 Å². The standard InChI is InChI=1S/C11H15N5O3/c1-18-11-15-8-9(12)13-5-14-10(8)16(11)7-3-2-6(4-17)19-7/h5-7,17H,2-4H2,1H3,(H2,12,13,14)/t6-,7+/m0/s1. The van der Waals surface area contributed by atoms with Crippen LogP contribution in [-0.2, 0) is 4.74 Å². The van der Waals surface area contributed by atoms with Crippen LogP contribution < -0.4 is 10.5 Å². The Morgan fingerprint density at radius 1 is 1.53 bits per heavy atom. The largest absolute Gasteiger partial charge is 0.468 e. The third-order valence-electron chi connectivity index (χ3n) is 3.23. The summed E-state index contributed by atoms with van der Waals surface area (Å²) >= 11 is 0. The summed E-state index contributed by atoms with van der Waals surface area (Å²) in [5, 5.41) is 9.14. The van der Waals surface area contributed by atoms with Gasteiger partial charge in [-0.15, -0.1) is 0 Å². The second-order valence-corrected chi connectivity index (χ2v) is 4.37. The number of aliphatic hydroxyl groups is 1. The Bertz CT molecular complexity index is 599. The average molecular weight is 265 g/mol. The Morgan fingerprint density at radius 2 is 2.37 bits per heavy atom. The molecule has 0 amide bonds. The van der Waals surface area contributed by atoms with Gasteiger partial charge in [-0.1, -0.05) is 0 Å². The normalized spacial score (nSPS) is 23.1. The highest BCUT2D eigenvalue weighted by Gasteiger charge is 2.30. The minimum absolute atomic E-state index is 0.00255. The van der Waals surface area contributed by atoms with Gasteiger partial charge < -0.3 is 20.3 Å². The Hall–Kier alpha value is -1.93. The molecule has 0 saturated carbocycles. The van der Waals surface area contributed by atoms with E-state index in [0.29, 0.717) is 23.0 Å². The van der Waals surface area contributed by atoms with Gasteiger partial charge in [0.05, 0.1) is 19.8 Å². The highest BCUT2D eigenvalue weighted by atomic mass is 16.5. The minimum Gasteiger partial charge on any atom is -0.468 e. The van der Waals surface area contributed by atoms with Crippen LogP contribution in [0.2, 0.25) is 0 Å². The summed E-state index contributed by atoms with van der Waals surface area (Å²) in [6.07, 6.45) is 2.51. The predicted molar refractivity (Wildman–Crippen MR) is 66.5 cm³/mol. The lowest BCUT2D eigenvalue weighted by Crippen LogP contribution is -2.15. The summed E-state index contributed by atoms with van der Waals surface area (Å²) in [6.45, 7) is 0.00255. The molecule has 1 saturated heterocycles. The molecule has 3 N–H and O–H groups in total. The van der Waals surface area contributed by atoms with Crippen molar-refractivity contribution in [1.82, 2.24) is 19.5 Å². The van der Waals surface area contributed by atoms with Crippen molar-refractivity contribution in [3.05, 3.63) is 6.33 Å². The second kappa shape index (κ2) is 4.63. The first kappa shape index (κ1) is 12.1. The molecule has 2 aromatic rings. The number of methoxy groups -OCH3 is 1. The van der Waals surface area contributed by atoms with Crippen LogP contribution in [-0.4, -0.2) is 44.4 Å². The van der Waals surface area contributed by atoms with E-state index in [1.807, 2.05) is 0 Å². The summed E-state index contributed by atoms with van der Waals surface area (Å²) < 4.78 is 12.7. The van der Waals surface area contributed by atoms with Crippen molar-refractivity contribution in [3.8, 4) is 6.01 Å². The van der Waals surface area contributed by atoms with Gasteiger partial charge >= 0.3 is 6.01 Å². The number of imidazole rings is 1. The van der Waals surface area contributed by atoms with Gasteiger partial charge in [-0.25, -0.2) is 9.97 Å². The zero-order valence-electron chi connectivity index (χ0n) is 10.5. The molecule has 3 rings (SSSR count). The van der Waals surface area contributed by atoms with E-state index in [2.05, 4.69) is 15.0 Å². The van der Waals surface area contributed by atoms with Gasteiger partial charge in [0.25, 0.3) is 0 Å². The summed E-state index contributed by atoms with van der Waals surface area (Å²) in [7, 11) is 1.53. The van der Waals surface area contributed by atoms with Gasteiger partial charge in [0.1, 0.15) is 12.6 Å². The van der Waals surface area contributed by atoms with E-state index in [1.54, 1.807) is 4.57 Å². The number of hydrogen-bond donors (Lipinski definition) is 2. The van der Waals surface area contributed by atoms with Crippen LogP contribution in [0.4, 0.5) is 5.82 Å². The second-order valence-electron chi connectivity index (χ2n) is 4.37. The molecule has 1 aliphatic heterocycles. The lowest BCUT2D eigenvalue weighted by atomic mass is 10.2. The SMILES string of the molecule is COc1nc2c(N)ncnc2n1[C@H]1CC[C@@H](CO)O1. The number of aliphatic hydroxyl groups excluding tert-OH is 1. The third-order valence-corrected chi connectivity index (χ3v) is 3.23. The number of anilines is 1. The maximum absolute atomic E-state index is 9.14. The van der Waals surface area contributed by atoms with E-state index >= 15 is 0 Å². The van der Waals surface area contributed by atoms with Crippen LogP contribution in [0.1, 0.15) is 19.1 Å². The smallest absolute Gasteiger partial charge is 0.300 e. The molecule has 0 radical (unpaired) electrons. The van der Waals surface area contributed by atoms with Crippen LogP contribution in [0.25, 0.3) is 11.2 Å². The zero-order chi connectivity index (χ0) is 13.4. The minimum atomic E-state index is -0.258. The summed E-state index contributed by atoms with van der Waals surface area (Å²) in [6, 6.07) is 0.380. The molecule has 0 unspecified atom stereocenters. The summed E-state index contributed by atoms with van der Waals surface area (Å²) in [4.78, 5) is 12.4. The maximum atomic E-state index is 9.14. The monoisotopic (exact) mass is 265 g/mol. The van der Waals surface area contributed by atoms with Gasteiger partial charge in [-0.05, 0) is 12.8 Å². The first-order valence-corrected chi connectivity index (χ1v) is 6.03. The highest BCUT2D eigenvalue weighted by molar-refractivity contribution is 5.82. The number of nitrogens with two attached hydrogens (primary N) is 1. The van der Waals surface area contributed by atoms with Crippen molar-refractivity contribution >= 4 is 17.0 Å². The molecule has 0 aliphatic carbocycles. The van der Waals surface area contributed by atoms with Crippen LogP contribution in [0.3, 0.4) is 0 Å². The maximum Gasteiger partial charge on any atom is 0.300 e. The molecule has 8 heteroatoms. The molecule has 0 aromatic carbocycles. The molecule has 102 valence electrons. The Morgan fingerprint density at radius 3 is 3.05 bits per heavy atom.